The van der Waals surface area contributed by atoms with Gasteiger partial charge < -0.3 is 14.2 Å². The average molecular weight is 1010 g/mol. The van der Waals surface area contributed by atoms with E-state index >= 15 is 0 Å². The fraction of sp³-hybridized carbons (Fsp3) is 0.567. The van der Waals surface area contributed by atoms with Crippen molar-refractivity contribution in [2.75, 3.05) is 13.2 Å². The van der Waals surface area contributed by atoms with Crippen molar-refractivity contribution in [1.29, 1.82) is 0 Å². The maximum absolute atomic E-state index is 12.9. The maximum atomic E-state index is 12.9. The summed E-state index contributed by atoms with van der Waals surface area (Å²) in [4.78, 5) is 38.2. The van der Waals surface area contributed by atoms with Crippen molar-refractivity contribution in [2.45, 2.75) is 232 Å². The van der Waals surface area contributed by atoms with E-state index in [0.29, 0.717) is 12.8 Å². The van der Waals surface area contributed by atoms with Gasteiger partial charge in [-0.05, 0) is 122 Å². The first-order valence-corrected chi connectivity index (χ1v) is 29.0. The minimum absolute atomic E-state index is 0.139. The number of esters is 3. The monoisotopic (exact) mass is 1000 g/mol. The van der Waals surface area contributed by atoms with Gasteiger partial charge >= 0.3 is 17.9 Å². The lowest BCUT2D eigenvalue weighted by atomic mass is 10.1. The highest BCUT2D eigenvalue weighted by Gasteiger charge is 2.19. The van der Waals surface area contributed by atoms with Crippen molar-refractivity contribution >= 4 is 17.9 Å². The molecule has 0 aromatic rings. The third-order valence-corrected chi connectivity index (χ3v) is 11.5. The summed E-state index contributed by atoms with van der Waals surface area (Å²) in [5.41, 5.74) is 0. The van der Waals surface area contributed by atoms with Gasteiger partial charge in [-0.15, -0.1) is 0 Å². The second-order valence-electron chi connectivity index (χ2n) is 18.5. The Kier molecular flexibility index (Phi) is 55.5. The predicted molar refractivity (Wildman–Crippen MR) is 315 cm³/mol. The Labute approximate surface area is 448 Å². The van der Waals surface area contributed by atoms with Crippen molar-refractivity contribution < 1.29 is 28.6 Å². The Morgan fingerprint density at radius 3 is 1.03 bits per heavy atom. The summed E-state index contributed by atoms with van der Waals surface area (Å²) in [6, 6.07) is 0. The number of carbonyl (C=O) groups excluding carboxylic acids is 3. The molecule has 1 atom stereocenters. The Bertz CT molecular complexity index is 1670. The molecule has 0 bridgehead atoms. The molecule has 0 aliphatic heterocycles. The SMILES string of the molecule is CC/C=C\C/C=C\C/C=C\C/C=C\C/C=C\C/C=C\CCC(=O)OCC(COC(=O)CCC/C=C\C/C=C\C/C=C\C/C=C\C/C=C\CC)OC(=O)CCCCCCCCCCCC/C=C\C=C/CCCCC. The van der Waals surface area contributed by atoms with E-state index in [4.69, 9.17) is 14.2 Å². The number of unbranched alkanes of at least 4 members (excludes halogenated alkanes) is 14. The average Bonchev–Trinajstić information content (AvgIpc) is 3.39. The second kappa shape index (κ2) is 59.6. The van der Waals surface area contributed by atoms with Gasteiger partial charge in [-0.2, -0.15) is 0 Å². The van der Waals surface area contributed by atoms with Gasteiger partial charge in [0, 0.05) is 19.3 Å². The Balaban J connectivity index is 4.61. The number of rotatable bonds is 50. The van der Waals surface area contributed by atoms with E-state index in [0.717, 1.165) is 103 Å². The van der Waals surface area contributed by atoms with Crippen LogP contribution in [0.3, 0.4) is 0 Å². The van der Waals surface area contributed by atoms with Gasteiger partial charge in [0.05, 0.1) is 0 Å². The quantitative estimate of drug-likeness (QED) is 0.0199. The number of carbonyl (C=O) groups is 3. The molecule has 1 unspecified atom stereocenters. The zero-order chi connectivity index (χ0) is 52.9. The largest absolute Gasteiger partial charge is 0.462 e. The molecule has 0 saturated carbocycles. The topological polar surface area (TPSA) is 78.9 Å². The predicted octanol–water partition coefficient (Wildman–Crippen LogP) is 19.8. The van der Waals surface area contributed by atoms with Crippen LogP contribution in [-0.2, 0) is 28.6 Å². The zero-order valence-corrected chi connectivity index (χ0v) is 46.6. The fourth-order valence-corrected chi connectivity index (χ4v) is 7.26. The van der Waals surface area contributed by atoms with Gasteiger partial charge in [0.25, 0.3) is 0 Å². The van der Waals surface area contributed by atoms with Gasteiger partial charge in [-0.3, -0.25) is 14.4 Å². The van der Waals surface area contributed by atoms with Crippen LogP contribution < -0.4 is 0 Å². The summed E-state index contributed by atoms with van der Waals surface area (Å²) < 4.78 is 16.7. The first-order chi connectivity index (χ1) is 36.0. The van der Waals surface area contributed by atoms with Crippen molar-refractivity contribution in [3.63, 3.8) is 0 Å². The molecule has 0 fully saturated rings. The van der Waals surface area contributed by atoms with Gasteiger partial charge in [0.2, 0.25) is 0 Å². The molecule has 0 aliphatic rings. The second-order valence-corrected chi connectivity index (χ2v) is 18.5. The minimum Gasteiger partial charge on any atom is -0.462 e. The molecule has 0 aromatic heterocycles. The Morgan fingerprint density at radius 2 is 0.616 bits per heavy atom. The highest BCUT2D eigenvalue weighted by molar-refractivity contribution is 5.71. The molecule has 6 nitrogen and oxygen atoms in total. The number of hydrogen-bond donors (Lipinski definition) is 0. The van der Waals surface area contributed by atoms with Crippen molar-refractivity contribution in [3.05, 3.63) is 158 Å². The molecular weight excluding hydrogens is 901 g/mol. The third-order valence-electron chi connectivity index (χ3n) is 11.5. The number of allylic oxidation sites excluding steroid dienone is 26. The van der Waals surface area contributed by atoms with Gasteiger partial charge in [0.1, 0.15) is 13.2 Å². The summed E-state index contributed by atoms with van der Waals surface area (Å²) in [5.74, 6) is -1.09. The first kappa shape index (κ1) is 68.0. The Hall–Kier alpha value is -4.97. The van der Waals surface area contributed by atoms with Crippen LogP contribution in [0.1, 0.15) is 226 Å². The fourth-order valence-electron chi connectivity index (χ4n) is 7.26. The molecule has 0 rings (SSSR count). The van der Waals surface area contributed by atoms with Crippen LogP contribution in [0.25, 0.3) is 0 Å². The summed E-state index contributed by atoms with van der Waals surface area (Å²) in [6.45, 7) is 6.25. The van der Waals surface area contributed by atoms with Crippen molar-refractivity contribution in [2.24, 2.45) is 0 Å². The summed E-state index contributed by atoms with van der Waals surface area (Å²) in [6.07, 6.45) is 86.8. The minimum atomic E-state index is -0.842. The lowest BCUT2D eigenvalue weighted by molar-refractivity contribution is -0.166. The van der Waals surface area contributed by atoms with Crippen LogP contribution in [-0.4, -0.2) is 37.2 Å². The third kappa shape index (κ3) is 57.8. The van der Waals surface area contributed by atoms with E-state index < -0.39 is 6.10 Å². The van der Waals surface area contributed by atoms with E-state index in [1.54, 1.807) is 0 Å². The number of ether oxygens (including phenoxy) is 3. The Morgan fingerprint density at radius 1 is 0.301 bits per heavy atom. The molecule has 0 heterocycles. The molecule has 0 radical (unpaired) electrons. The van der Waals surface area contributed by atoms with Crippen LogP contribution in [0.15, 0.2) is 158 Å². The van der Waals surface area contributed by atoms with Crippen LogP contribution in [0.5, 0.6) is 0 Å². The zero-order valence-electron chi connectivity index (χ0n) is 46.6. The maximum Gasteiger partial charge on any atom is 0.306 e. The molecule has 73 heavy (non-hydrogen) atoms. The van der Waals surface area contributed by atoms with Gasteiger partial charge in [0.15, 0.2) is 6.10 Å². The molecule has 0 aliphatic carbocycles. The van der Waals surface area contributed by atoms with E-state index in [-0.39, 0.29) is 50.4 Å². The van der Waals surface area contributed by atoms with Crippen molar-refractivity contribution in [1.82, 2.24) is 0 Å². The molecule has 0 spiro atoms. The molecule has 408 valence electrons. The molecule has 0 saturated heterocycles. The smallest absolute Gasteiger partial charge is 0.306 e. The van der Waals surface area contributed by atoms with E-state index in [2.05, 4.69) is 167 Å². The van der Waals surface area contributed by atoms with Crippen LogP contribution in [0.4, 0.5) is 0 Å². The van der Waals surface area contributed by atoms with Gasteiger partial charge in [-0.25, -0.2) is 0 Å². The van der Waals surface area contributed by atoms with E-state index in [9.17, 15) is 14.4 Å². The molecule has 6 heteroatoms. The van der Waals surface area contributed by atoms with Crippen LogP contribution in [0.2, 0.25) is 0 Å². The lowest BCUT2D eigenvalue weighted by Gasteiger charge is -2.18. The van der Waals surface area contributed by atoms with E-state index in [1.807, 2.05) is 12.2 Å². The highest BCUT2D eigenvalue weighted by atomic mass is 16.6. The first-order valence-electron chi connectivity index (χ1n) is 29.0. The lowest BCUT2D eigenvalue weighted by Crippen LogP contribution is -2.30. The standard InChI is InChI=1S/C67H104O6/c1-4-7-10-13-16-19-22-25-28-31-33-36-39-42-45-48-51-54-57-60-66(69)72-63-64(62-71-65(68)59-56-53-50-47-44-41-38-35-30-27-24-21-18-15-12-9-6-3)73-67(70)61-58-55-52-49-46-43-40-37-34-32-29-26-23-20-17-14-11-8-5-2/h7,9-10,12,16-21,23,25-28,30,33,36,38,41-42,45,47,50-51,54,64H,4-6,8,11,13-15,22,24,29,31-32,34-35,37,39-40,43-44,46,48-49,52-53,55-63H2,1-3H3/b10-7-,12-9-,19-16-,20-17-,21-18-,26-23-,28-25-,30-27-,36-33-,41-38-,45-42-,50-47-,54-51-. The van der Waals surface area contributed by atoms with E-state index in [1.165, 1.54) is 70.6 Å². The van der Waals surface area contributed by atoms with Gasteiger partial charge in [-0.1, -0.05) is 243 Å². The highest BCUT2D eigenvalue weighted by Crippen LogP contribution is 2.14. The molecule has 0 amide bonds. The van der Waals surface area contributed by atoms with Crippen LogP contribution in [0, 0.1) is 0 Å². The van der Waals surface area contributed by atoms with Crippen LogP contribution >= 0.6 is 0 Å². The number of hydrogen-bond acceptors (Lipinski definition) is 6. The summed E-state index contributed by atoms with van der Waals surface area (Å²) in [5, 5.41) is 0. The van der Waals surface area contributed by atoms with Crippen molar-refractivity contribution in [3.8, 4) is 0 Å². The summed E-state index contributed by atoms with van der Waals surface area (Å²) >= 11 is 0. The molecule has 0 N–H and O–H groups in total. The molecule has 0 aromatic carbocycles. The summed E-state index contributed by atoms with van der Waals surface area (Å²) in [7, 11) is 0. The molecular formula is C67H104O6. The normalized spacial score (nSPS) is 13.3.